The lowest BCUT2D eigenvalue weighted by Crippen LogP contribution is -2.21. The Hall–Kier alpha value is 0.0200. The molecule has 0 aromatic carbocycles. The van der Waals surface area contributed by atoms with Gasteiger partial charge in [0.1, 0.15) is 0 Å². The summed E-state index contributed by atoms with van der Waals surface area (Å²) in [5.74, 6) is -0.213. The summed E-state index contributed by atoms with van der Waals surface area (Å²) in [6.07, 6.45) is 1.62. The maximum atomic E-state index is 10.6. The number of aromatic nitrogens is 1. The number of carbonyl (C=O) groups is 1. The Bertz CT molecular complexity index is 216. The minimum absolute atomic E-state index is 0. The van der Waals surface area contributed by atoms with Gasteiger partial charge in [0.2, 0.25) is 5.91 Å². The molecule has 70 valence electrons. The van der Waals surface area contributed by atoms with Gasteiger partial charge in [0.15, 0.2) is 5.13 Å². The maximum Gasteiger partial charge on any atom is 0.239 e. The van der Waals surface area contributed by atoms with Crippen molar-refractivity contribution in [2.24, 2.45) is 5.73 Å². The first-order valence-electron chi connectivity index (χ1n) is 2.72. The molecule has 1 amide bonds. The van der Waals surface area contributed by atoms with Crippen LogP contribution in [0.2, 0.25) is 0 Å². The van der Waals surface area contributed by atoms with E-state index in [0.717, 1.165) is 0 Å². The lowest BCUT2D eigenvalue weighted by atomic mass is 10.6. The normalized spacial score (nSPS) is 7.75. The largest absolute Gasteiger partial charge is 0.322 e. The molecule has 0 aliphatic rings. The summed E-state index contributed by atoms with van der Waals surface area (Å²) in [5, 5.41) is 4.89. The van der Waals surface area contributed by atoms with Gasteiger partial charge in [0.05, 0.1) is 6.54 Å². The summed E-state index contributed by atoms with van der Waals surface area (Å²) in [6, 6.07) is 0. The average Bonchev–Trinajstić information content (AvgIpc) is 2.40. The Kier molecular flexibility index (Phi) is 9.28. The number of amides is 1. The molecule has 4 nitrogen and oxygen atoms in total. The van der Waals surface area contributed by atoms with E-state index in [0.29, 0.717) is 5.13 Å². The number of nitrogens with two attached hydrogens (primary N) is 1. The summed E-state index contributed by atoms with van der Waals surface area (Å²) >= 11 is 1.37. The first-order valence-corrected chi connectivity index (χ1v) is 3.60. The van der Waals surface area contributed by atoms with Crippen LogP contribution in [0.25, 0.3) is 0 Å². The Balaban J connectivity index is 0. The predicted octanol–water partition coefficient (Wildman–Crippen LogP) is 1.20. The number of hydrogen-bond donors (Lipinski definition) is 2. The van der Waals surface area contributed by atoms with Gasteiger partial charge in [-0.3, -0.25) is 4.79 Å². The zero-order valence-electron chi connectivity index (χ0n) is 6.02. The summed E-state index contributed by atoms with van der Waals surface area (Å²) in [6.45, 7) is -0.000417. The van der Waals surface area contributed by atoms with Crippen molar-refractivity contribution >= 4 is 56.3 Å². The van der Waals surface area contributed by atoms with E-state index in [1.54, 1.807) is 11.6 Å². The summed E-state index contributed by atoms with van der Waals surface area (Å²) < 4.78 is 0. The molecule has 12 heavy (non-hydrogen) atoms. The summed E-state index contributed by atoms with van der Waals surface area (Å²) in [4.78, 5) is 14.4. The minimum atomic E-state index is -0.213. The van der Waals surface area contributed by atoms with Gasteiger partial charge in [0, 0.05) is 11.6 Å². The molecule has 0 radical (unpaired) electrons. The molecule has 0 fully saturated rings. The van der Waals surface area contributed by atoms with Crippen molar-refractivity contribution in [3.63, 3.8) is 0 Å². The second-order valence-electron chi connectivity index (χ2n) is 1.59. The predicted molar refractivity (Wildman–Crippen MR) is 60.4 cm³/mol. The van der Waals surface area contributed by atoms with Crippen molar-refractivity contribution in [3.05, 3.63) is 11.6 Å². The van der Waals surface area contributed by atoms with Gasteiger partial charge in [0.25, 0.3) is 0 Å². The highest BCUT2D eigenvalue weighted by atomic mass is 79.9. The number of rotatable bonds is 2. The molecule has 0 spiro atoms. The lowest BCUT2D eigenvalue weighted by Gasteiger charge is -1.94. The Morgan fingerprint density at radius 2 is 2.33 bits per heavy atom. The number of thiazole rings is 1. The van der Waals surface area contributed by atoms with Gasteiger partial charge >= 0.3 is 0 Å². The Labute approximate surface area is 95.1 Å². The summed E-state index contributed by atoms with van der Waals surface area (Å²) in [5.41, 5.74) is 5.05. The Morgan fingerprint density at radius 1 is 1.67 bits per heavy atom. The molecule has 0 bridgehead atoms. The van der Waals surface area contributed by atoms with Crippen molar-refractivity contribution < 1.29 is 4.79 Å². The van der Waals surface area contributed by atoms with Gasteiger partial charge < -0.3 is 11.1 Å². The molecule has 1 rings (SSSR count). The number of anilines is 1. The third-order valence-corrected chi connectivity index (χ3v) is 1.55. The smallest absolute Gasteiger partial charge is 0.239 e. The molecular weight excluding hydrogens is 310 g/mol. The van der Waals surface area contributed by atoms with Crippen LogP contribution in [-0.4, -0.2) is 17.4 Å². The second-order valence-corrected chi connectivity index (χ2v) is 2.48. The van der Waals surface area contributed by atoms with Crippen molar-refractivity contribution in [1.29, 1.82) is 0 Å². The van der Waals surface area contributed by atoms with Crippen LogP contribution in [0.5, 0.6) is 0 Å². The first kappa shape index (κ1) is 14.5. The molecule has 0 saturated heterocycles. The van der Waals surface area contributed by atoms with E-state index in [9.17, 15) is 4.79 Å². The number of halogens is 2. The average molecular weight is 319 g/mol. The van der Waals surface area contributed by atoms with Crippen molar-refractivity contribution in [3.8, 4) is 0 Å². The van der Waals surface area contributed by atoms with Crippen LogP contribution in [0, 0.1) is 0 Å². The number of carbonyl (C=O) groups excluding carboxylic acids is 1. The lowest BCUT2D eigenvalue weighted by molar-refractivity contribution is -0.114. The number of nitrogens with zero attached hydrogens (tertiary/aromatic N) is 1. The highest BCUT2D eigenvalue weighted by molar-refractivity contribution is 8.93. The molecule has 1 aromatic rings. The Morgan fingerprint density at radius 3 is 2.75 bits per heavy atom. The van der Waals surface area contributed by atoms with Gasteiger partial charge in [-0.2, -0.15) is 0 Å². The first-order chi connectivity index (χ1) is 4.83. The molecule has 0 aliphatic heterocycles. The number of hydrogen-bond acceptors (Lipinski definition) is 4. The van der Waals surface area contributed by atoms with E-state index in [4.69, 9.17) is 5.73 Å². The van der Waals surface area contributed by atoms with Crippen molar-refractivity contribution in [1.82, 2.24) is 4.98 Å². The standard InChI is InChI=1S/C5H7N3OS.2BrH/c6-3-4(9)8-5-7-1-2-10-5;;/h1-2H,3,6H2,(H,7,8,9);2*1H. The van der Waals surface area contributed by atoms with Gasteiger partial charge in [-0.25, -0.2) is 4.98 Å². The van der Waals surface area contributed by atoms with Crippen LogP contribution in [0.3, 0.4) is 0 Å². The van der Waals surface area contributed by atoms with Crippen molar-refractivity contribution in [2.75, 3.05) is 11.9 Å². The summed E-state index contributed by atoms with van der Waals surface area (Å²) in [7, 11) is 0. The highest BCUT2D eigenvalue weighted by Crippen LogP contribution is 2.08. The maximum absolute atomic E-state index is 10.6. The molecule has 1 heterocycles. The zero-order valence-corrected chi connectivity index (χ0v) is 10.3. The SMILES string of the molecule is Br.Br.NCC(=O)Nc1nccs1. The molecule has 7 heteroatoms. The molecule has 1 aromatic heterocycles. The van der Waals surface area contributed by atoms with E-state index in [1.165, 1.54) is 11.3 Å². The van der Waals surface area contributed by atoms with Crippen LogP contribution in [0.15, 0.2) is 11.6 Å². The topological polar surface area (TPSA) is 68.0 Å². The molecule has 0 saturated carbocycles. The van der Waals surface area contributed by atoms with Crippen molar-refractivity contribution in [2.45, 2.75) is 0 Å². The van der Waals surface area contributed by atoms with Crippen LogP contribution in [0.1, 0.15) is 0 Å². The van der Waals surface area contributed by atoms with E-state index < -0.39 is 0 Å². The third kappa shape index (κ3) is 4.81. The minimum Gasteiger partial charge on any atom is -0.322 e. The van der Waals surface area contributed by atoms with E-state index in [1.807, 2.05) is 0 Å². The van der Waals surface area contributed by atoms with E-state index >= 15 is 0 Å². The highest BCUT2D eigenvalue weighted by Gasteiger charge is 1.98. The fourth-order valence-electron chi connectivity index (χ4n) is 0.455. The van der Waals surface area contributed by atoms with Gasteiger partial charge in [-0.1, -0.05) is 0 Å². The monoisotopic (exact) mass is 317 g/mol. The molecule has 3 N–H and O–H groups in total. The van der Waals surface area contributed by atoms with Crippen LogP contribution >= 0.6 is 45.3 Å². The zero-order chi connectivity index (χ0) is 7.40. The number of nitrogens with one attached hydrogen (secondary N) is 1. The molecule has 0 unspecified atom stereocenters. The van der Waals surface area contributed by atoms with Crippen LogP contribution in [-0.2, 0) is 4.79 Å². The van der Waals surface area contributed by atoms with E-state index in [-0.39, 0.29) is 46.4 Å². The third-order valence-electron chi connectivity index (χ3n) is 0.864. The second kappa shape index (κ2) is 7.66. The van der Waals surface area contributed by atoms with Gasteiger partial charge in [-0.05, 0) is 0 Å². The molecular formula is C5H9Br2N3OS. The van der Waals surface area contributed by atoms with Crippen LogP contribution in [0.4, 0.5) is 5.13 Å². The van der Waals surface area contributed by atoms with E-state index in [2.05, 4.69) is 10.3 Å². The fraction of sp³-hybridized carbons (Fsp3) is 0.200. The van der Waals surface area contributed by atoms with Crippen LogP contribution < -0.4 is 11.1 Å². The molecule has 0 aliphatic carbocycles. The van der Waals surface area contributed by atoms with Gasteiger partial charge in [-0.15, -0.1) is 45.3 Å². The fourth-order valence-corrected chi connectivity index (χ4v) is 1.00. The molecule has 0 atom stereocenters. The quantitative estimate of drug-likeness (QED) is 0.861.